The summed E-state index contributed by atoms with van der Waals surface area (Å²) in [6.07, 6.45) is 6.43. The lowest BCUT2D eigenvalue weighted by Gasteiger charge is -2.28. The normalized spacial score (nSPS) is 27.6. The van der Waals surface area contributed by atoms with Gasteiger partial charge in [0.25, 0.3) is 0 Å². The molecule has 0 radical (unpaired) electrons. The second-order valence-corrected chi connectivity index (χ2v) is 5.80. The number of aromatic nitrogens is 1. The van der Waals surface area contributed by atoms with Crippen molar-refractivity contribution in [3.05, 3.63) is 16.1 Å². The van der Waals surface area contributed by atoms with Gasteiger partial charge in [0.2, 0.25) is 0 Å². The van der Waals surface area contributed by atoms with Crippen LogP contribution >= 0.6 is 11.3 Å². The zero-order valence-electron chi connectivity index (χ0n) is 9.68. The Morgan fingerprint density at radius 2 is 2.33 bits per heavy atom. The fourth-order valence-corrected chi connectivity index (χ4v) is 3.22. The van der Waals surface area contributed by atoms with Crippen LogP contribution in [-0.2, 0) is 6.42 Å². The molecule has 2 heterocycles. The largest absolute Gasteiger partial charge is 0.311 e. The molecule has 1 saturated heterocycles. The molecule has 1 atom stereocenters. The van der Waals surface area contributed by atoms with Crippen LogP contribution in [0.3, 0.4) is 0 Å². The topological polar surface area (TPSA) is 24.9 Å². The van der Waals surface area contributed by atoms with Crippen molar-refractivity contribution < 1.29 is 0 Å². The van der Waals surface area contributed by atoms with Crippen LogP contribution in [0.2, 0.25) is 0 Å². The molecule has 0 bridgehead atoms. The molecule has 1 aromatic rings. The van der Waals surface area contributed by atoms with Crippen LogP contribution < -0.4 is 5.32 Å². The fraction of sp³-hybridized carbons (Fsp3) is 0.750. The molecule has 15 heavy (non-hydrogen) atoms. The minimum Gasteiger partial charge on any atom is -0.311 e. The van der Waals surface area contributed by atoms with Crippen molar-refractivity contribution in [2.75, 3.05) is 6.54 Å². The van der Waals surface area contributed by atoms with Crippen LogP contribution in [0.1, 0.15) is 43.3 Å². The third-order valence-electron chi connectivity index (χ3n) is 3.17. The first-order valence-corrected chi connectivity index (χ1v) is 6.72. The van der Waals surface area contributed by atoms with Crippen molar-refractivity contribution in [3.8, 4) is 0 Å². The Balaban J connectivity index is 2.02. The zero-order chi connectivity index (χ0) is 10.7. The average Bonchev–Trinajstić information content (AvgIpc) is 2.46. The summed E-state index contributed by atoms with van der Waals surface area (Å²) in [6, 6.07) is 0. The van der Waals surface area contributed by atoms with Crippen molar-refractivity contribution in [1.82, 2.24) is 10.3 Å². The third-order valence-corrected chi connectivity index (χ3v) is 4.13. The second-order valence-electron chi connectivity index (χ2n) is 4.86. The molecule has 0 saturated carbocycles. The molecule has 3 heteroatoms. The Morgan fingerprint density at radius 1 is 1.47 bits per heavy atom. The van der Waals surface area contributed by atoms with Gasteiger partial charge in [0.15, 0.2) is 0 Å². The van der Waals surface area contributed by atoms with Crippen molar-refractivity contribution in [3.63, 3.8) is 0 Å². The van der Waals surface area contributed by atoms with E-state index in [4.69, 9.17) is 0 Å². The number of aryl methyl sites for hydroxylation is 1. The van der Waals surface area contributed by atoms with E-state index in [-0.39, 0.29) is 5.54 Å². The maximum Gasteiger partial charge on any atom is 0.0946 e. The van der Waals surface area contributed by atoms with E-state index >= 15 is 0 Å². The number of nitrogens with one attached hydrogen (secondary N) is 1. The number of hydrogen-bond donors (Lipinski definition) is 1. The lowest BCUT2D eigenvalue weighted by Crippen LogP contribution is -2.43. The van der Waals surface area contributed by atoms with Crippen LogP contribution in [0.4, 0.5) is 0 Å². The van der Waals surface area contributed by atoms with E-state index in [0.717, 1.165) is 12.1 Å². The summed E-state index contributed by atoms with van der Waals surface area (Å²) < 4.78 is 0. The van der Waals surface area contributed by atoms with Gasteiger partial charge in [-0.2, -0.15) is 0 Å². The van der Waals surface area contributed by atoms with E-state index in [2.05, 4.69) is 29.5 Å². The SMILES string of the molecule is Cc1csc(CC2(C)CCCCCN2)n1. The highest BCUT2D eigenvalue weighted by atomic mass is 32.1. The Bertz CT molecular complexity index is 311. The van der Waals surface area contributed by atoms with E-state index in [1.807, 2.05) is 0 Å². The number of hydrogen-bond acceptors (Lipinski definition) is 3. The first-order valence-electron chi connectivity index (χ1n) is 5.84. The molecule has 84 valence electrons. The minimum absolute atomic E-state index is 0.279. The highest BCUT2D eigenvalue weighted by Gasteiger charge is 2.26. The molecule has 0 aliphatic carbocycles. The Labute approximate surface area is 96.1 Å². The Kier molecular flexibility index (Phi) is 3.42. The summed E-state index contributed by atoms with van der Waals surface area (Å²) in [5.41, 5.74) is 1.44. The maximum absolute atomic E-state index is 4.56. The lowest BCUT2D eigenvalue weighted by atomic mass is 9.92. The number of rotatable bonds is 2. The second kappa shape index (κ2) is 4.62. The molecule has 2 nitrogen and oxygen atoms in total. The molecular weight excluding hydrogens is 204 g/mol. The van der Waals surface area contributed by atoms with Gasteiger partial charge in [-0.05, 0) is 33.2 Å². The molecule has 1 aromatic heterocycles. The third kappa shape index (κ3) is 3.02. The predicted molar refractivity (Wildman–Crippen MR) is 65.4 cm³/mol. The quantitative estimate of drug-likeness (QED) is 0.835. The van der Waals surface area contributed by atoms with E-state index < -0.39 is 0 Å². The van der Waals surface area contributed by atoms with E-state index in [9.17, 15) is 0 Å². The molecule has 1 fully saturated rings. The van der Waals surface area contributed by atoms with Gasteiger partial charge in [0.1, 0.15) is 0 Å². The number of nitrogens with zero attached hydrogens (tertiary/aromatic N) is 1. The monoisotopic (exact) mass is 224 g/mol. The predicted octanol–water partition coefficient (Wildman–Crippen LogP) is 2.92. The zero-order valence-corrected chi connectivity index (χ0v) is 10.5. The summed E-state index contributed by atoms with van der Waals surface area (Å²) in [5.74, 6) is 0. The number of thiazole rings is 1. The molecule has 1 aliphatic heterocycles. The highest BCUT2D eigenvalue weighted by Crippen LogP contribution is 2.24. The maximum atomic E-state index is 4.56. The summed E-state index contributed by atoms with van der Waals surface area (Å²) in [6.45, 7) is 5.58. The smallest absolute Gasteiger partial charge is 0.0946 e. The van der Waals surface area contributed by atoms with E-state index in [1.54, 1.807) is 11.3 Å². The standard InChI is InChI=1S/C12H20N2S/c1-10-9-15-11(14-10)8-12(2)6-4-3-5-7-13-12/h9,13H,3-8H2,1-2H3. The molecule has 0 amide bonds. The Hall–Kier alpha value is -0.410. The van der Waals surface area contributed by atoms with Crippen LogP contribution in [-0.4, -0.2) is 17.1 Å². The van der Waals surface area contributed by atoms with Gasteiger partial charge in [-0.15, -0.1) is 11.3 Å². The lowest BCUT2D eigenvalue weighted by molar-refractivity contribution is 0.345. The van der Waals surface area contributed by atoms with Crippen LogP contribution in [0.5, 0.6) is 0 Å². The highest BCUT2D eigenvalue weighted by molar-refractivity contribution is 7.09. The van der Waals surface area contributed by atoms with Crippen LogP contribution in [0.15, 0.2) is 5.38 Å². The van der Waals surface area contributed by atoms with Gasteiger partial charge >= 0.3 is 0 Å². The van der Waals surface area contributed by atoms with Crippen LogP contribution in [0.25, 0.3) is 0 Å². The first-order chi connectivity index (χ1) is 7.18. The van der Waals surface area contributed by atoms with Crippen molar-refractivity contribution in [1.29, 1.82) is 0 Å². The van der Waals surface area contributed by atoms with Gasteiger partial charge in [0, 0.05) is 23.0 Å². The summed E-state index contributed by atoms with van der Waals surface area (Å²) in [5, 5.41) is 7.11. The molecule has 0 aromatic carbocycles. The summed E-state index contributed by atoms with van der Waals surface area (Å²) >= 11 is 1.80. The minimum atomic E-state index is 0.279. The van der Waals surface area contributed by atoms with Gasteiger partial charge in [0.05, 0.1) is 5.01 Å². The van der Waals surface area contributed by atoms with Gasteiger partial charge in [-0.25, -0.2) is 4.98 Å². The van der Waals surface area contributed by atoms with Crippen molar-refractivity contribution >= 4 is 11.3 Å². The average molecular weight is 224 g/mol. The summed E-state index contributed by atoms with van der Waals surface area (Å²) in [4.78, 5) is 4.56. The fourth-order valence-electron chi connectivity index (χ4n) is 2.26. The molecule has 1 N–H and O–H groups in total. The van der Waals surface area contributed by atoms with Crippen molar-refractivity contribution in [2.24, 2.45) is 0 Å². The molecule has 0 spiro atoms. The molecule has 1 unspecified atom stereocenters. The van der Waals surface area contributed by atoms with Crippen LogP contribution in [0, 0.1) is 6.92 Å². The van der Waals surface area contributed by atoms with Gasteiger partial charge in [-0.3, -0.25) is 0 Å². The molecular formula is C12H20N2S. The first kappa shape index (κ1) is 11.1. The van der Waals surface area contributed by atoms with Crippen molar-refractivity contribution in [2.45, 2.75) is 51.5 Å². The van der Waals surface area contributed by atoms with Gasteiger partial charge in [-0.1, -0.05) is 12.8 Å². The Morgan fingerprint density at radius 3 is 3.07 bits per heavy atom. The van der Waals surface area contributed by atoms with E-state index in [1.165, 1.54) is 37.2 Å². The molecule has 2 rings (SSSR count). The molecule has 1 aliphatic rings. The summed E-state index contributed by atoms with van der Waals surface area (Å²) in [7, 11) is 0. The van der Waals surface area contributed by atoms with E-state index in [0.29, 0.717) is 0 Å². The van der Waals surface area contributed by atoms with Gasteiger partial charge < -0.3 is 5.32 Å².